The number of hydrogen-bond donors (Lipinski definition) is 3. The number of carbonyl (C=O) groups excluding carboxylic acids is 2. The standard InChI is InChI=1S/C28H54NO10P/c1-3-5-6-7-8-9-10-11-12-13-14-15-16-17-18-20-27(31)39-24(21-36-26(30)19-4-2)22-37-40(34,35)38-23-25(29)28(32)33/h24-25H,3-23,29H2,1-2H3,(H,32,33)(H,34,35)/t24-,25+/m1/s1. The Labute approximate surface area is 240 Å². The first-order chi connectivity index (χ1) is 19.1. The molecule has 0 fully saturated rings. The minimum Gasteiger partial charge on any atom is -0.480 e. The molecule has 0 amide bonds. The van der Waals surface area contributed by atoms with Gasteiger partial charge in [0.2, 0.25) is 0 Å². The van der Waals surface area contributed by atoms with Crippen LogP contribution in [0.2, 0.25) is 0 Å². The highest BCUT2D eigenvalue weighted by molar-refractivity contribution is 7.47. The van der Waals surface area contributed by atoms with Crippen molar-refractivity contribution in [1.29, 1.82) is 0 Å². The molecule has 0 aliphatic carbocycles. The van der Waals surface area contributed by atoms with E-state index in [0.29, 0.717) is 12.8 Å². The van der Waals surface area contributed by atoms with Gasteiger partial charge in [-0.15, -0.1) is 0 Å². The molecule has 4 N–H and O–H groups in total. The number of carboxylic acid groups (broad SMARTS) is 1. The summed E-state index contributed by atoms with van der Waals surface area (Å²) in [5.41, 5.74) is 5.25. The van der Waals surface area contributed by atoms with Gasteiger partial charge in [0.05, 0.1) is 13.2 Å². The second kappa shape index (κ2) is 25.2. The SMILES string of the molecule is CCCCCCCCCCCCCCCCCC(=O)O[C@H](COC(=O)CCC)COP(=O)(O)OC[C@H](N)C(=O)O. The average molecular weight is 596 g/mol. The molecule has 40 heavy (non-hydrogen) atoms. The Bertz CT molecular complexity index is 721. The largest absolute Gasteiger partial charge is 0.480 e. The van der Waals surface area contributed by atoms with E-state index in [4.69, 9.17) is 24.8 Å². The van der Waals surface area contributed by atoms with Gasteiger partial charge in [-0.3, -0.25) is 23.4 Å². The molecule has 0 aliphatic heterocycles. The molecule has 0 aromatic rings. The summed E-state index contributed by atoms with van der Waals surface area (Å²) in [6.45, 7) is 2.36. The van der Waals surface area contributed by atoms with Crippen molar-refractivity contribution in [3.8, 4) is 0 Å². The zero-order chi connectivity index (χ0) is 30.1. The Hall–Kier alpha value is -1.52. The highest BCUT2D eigenvalue weighted by atomic mass is 31.2. The van der Waals surface area contributed by atoms with Crippen molar-refractivity contribution in [3.05, 3.63) is 0 Å². The van der Waals surface area contributed by atoms with E-state index in [9.17, 15) is 23.8 Å². The topological polar surface area (TPSA) is 172 Å². The van der Waals surface area contributed by atoms with Crippen molar-refractivity contribution in [2.45, 2.75) is 142 Å². The van der Waals surface area contributed by atoms with Crippen LogP contribution in [-0.4, -0.2) is 59.9 Å². The van der Waals surface area contributed by atoms with Gasteiger partial charge in [0.15, 0.2) is 6.10 Å². The normalized spacial score (nSPS) is 14.3. The molecule has 0 aromatic carbocycles. The number of ether oxygens (including phenoxy) is 2. The Balaban J connectivity index is 4.17. The van der Waals surface area contributed by atoms with Gasteiger partial charge in [0.1, 0.15) is 12.6 Å². The summed E-state index contributed by atoms with van der Waals surface area (Å²) in [7, 11) is -4.67. The molecule has 0 saturated heterocycles. The summed E-state index contributed by atoms with van der Waals surface area (Å²) in [5.74, 6) is -2.44. The smallest absolute Gasteiger partial charge is 0.472 e. The number of phosphoric acid groups is 1. The van der Waals surface area contributed by atoms with Gasteiger partial charge in [0.25, 0.3) is 0 Å². The van der Waals surface area contributed by atoms with E-state index < -0.39 is 51.1 Å². The van der Waals surface area contributed by atoms with Gasteiger partial charge in [-0.05, 0) is 12.8 Å². The van der Waals surface area contributed by atoms with Crippen LogP contribution in [0.1, 0.15) is 129 Å². The van der Waals surface area contributed by atoms with E-state index in [0.717, 1.165) is 19.3 Å². The molecule has 12 heteroatoms. The van der Waals surface area contributed by atoms with Gasteiger partial charge in [-0.1, -0.05) is 104 Å². The zero-order valence-electron chi connectivity index (χ0n) is 24.7. The lowest BCUT2D eigenvalue weighted by atomic mass is 10.0. The van der Waals surface area contributed by atoms with Crippen molar-refractivity contribution in [2.24, 2.45) is 5.73 Å². The predicted octanol–water partition coefficient (Wildman–Crippen LogP) is 6.05. The lowest BCUT2D eigenvalue weighted by Crippen LogP contribution is -2.34. The summed E-state index contributed by atoms with van der Waals surface area (Å²) >= 11 is 0. The third kappa shape index (κ3) is 24.3. The summed E-state index contributed by atoms with van der Waals surface area (Å²) in [6.07, 6.45) is 18.0. The van der Waals surface area contributed by atoms with E-state index in [2.05, 4.69) is 11.4 Å². The number of aliphatic carboxylic acids is 1. The molecule has 236 valence electrons. The zero-order valence-corrected chi connectivity index (χ0v) is 25.6. The number of nitrogens with two attached hydrogens (primary N) is 1. The van der Waals surface area contributed by atoms with Gasteiger partial charge in [0, 0.05) is 12.8 Å². The molecular formula is C28H54NO10P. The van der Waals surface area contributed by atoms with E-state index >= 15 is 0 Å². The highest BCUT2D eigenvalue weighted by Gasteiger charge is 2.28. The first kappa shape index (κ1) is 38.5. The third-order valence-corrected chi connectivity index (χ3v) is 7.28. The molecule has 0 aromatic heterocycles. The van der Waals surface area contributed by atoms with Crippen LogP contribution in [0.15, 0.2) is 0 Å². The van der Waals surface area contributed by atoms with E-state index in [1.54, 1.807) is 6.92 Å². The fraction of sp³-hybridized carbons (Fsp3) is 0.893. The lowest BCUT2D eigenvalue weighted by molar-refractivity contribution is -0.161. The van der Waals surface area contributed by atoms with Crippen LogP contribution in [0.5, 0.6) is 0 Å². The number of rotatable bonds is 28. The number of phosphoric ester groups is 1. The second-order valence-corrected chi connectivity index (χ2v) is 11.7. The minimum absolute atomic E-state index is 0.165. The second-order valence-electron chi connectivity index (χ2n) is 10.2. The lowest BCUT2D eigenvalue weighted by Gasteiger charge is -2.20. The van der Waals surface area contributed by atoms with E-state index in [1.165, 1.54) is 70.6 Å². The Morgan fingerprint density at radius 2 is 1.15 bits per heavy atom. The molecule has 1 unspecified atom stereocenters. The van der Waals surface area contributed by atoms with Crippen molar-refractivity contribution < 1.29 is 47.5 Å². The Kier molecular flexibility index (Phi) is 24.3. The maximum absolute atomic E-state index is 12.3. The summed E-state index contributed by atoms with van der Waals surface area (Å²) in [5, 5.41) is 8.74. The molecular weight excluding hydrogens is 541 g/mol. The molecule has 3 atom stereocenters. The van der Waals surface area contributed by atoms with Gasteiger partial charge in [-0.2, -0.15) is 0 Å². The summed E-state index contributed by atoms with van der Waals surface area (Å²) in [6, 6.07) is -1.51. The van der Waals surface area contributed by atoms with Crippen LogP contribution in [0.3, 0.4) is 0 Å². The first-order valence-corrected chi connectivity index (χ1v) is 16.6. The Morgan fingerprint density at radius 3 is 1.62 bits per heavy atom. The van der Waals surface area contributed by atoms with Crippen LogP contribution in [0.25, 0.3) is 0 Å². The Morgan fingerprint density at radius 1 is 0.675 bits per heavy atom. The van der Waals surface area contributed by atoms with E-state index in [1.807, 2.05) is 0 Å². The molecule has 0 spiro atoms. The number of carbonyl (C=O) groups is 3. The summed E-state index contributed by atoms with van der Waals surface area (Å²) < 4.78 is 31.8. The fourth-order valence-electron chi connectivity index (χ4n) is 3.92. The molecule has 0 aliphatic rings. The predicted molar refractivity (Wildman–Crippen MR) is 153 cm³/mol. The first-order valence-electron chi connectivity index (χ1n) is 15.1. The highest BCUT2D eigenvalue weighted by Crippen LogP contribution is 2.43. The van der Waals surface area contributed by atoms with Crippen molar-refractivity contribution in [1.82, 2.24) is 0 Å². The third-order valence-electron chi connectivity index (χ3n) is 6.32. The molecule has 0 bridgehead atoms. The molecule has 0 radical (unpaired) electrons. The van der Waals surface area contributed by atoms with Crippen LogP contribution < -0.4 is 5.73 Å². The van der Waals surface area contributed by atoms with Crippen molar-refractivity contribution in [3.63, 3.8) is 0 Å². The number of hydrogen-bond acceptors (Lipinski definition) is 9. The quantitative estimate of drug-likeness (QED) is 0.0546. The van der Waals surface area contributed by atoms with E-state index in [-0.39, 0.29) is 19.4 Å². The molecule has 0 saturated carbocycles. The van der Waals surface area contributed by atoms with Gasteiger partial charge >= 0.3 is 25.7 Å². The maximum Gasteiger partial charge on any atom is 0.472 e. The van der Waals surface area contributed by atoms with Gasteiger partial charge in [-0.25, -0.2) is 4.57 Å². The number of esters is 2. The van der Waals surface area contributed by atoms with Crippen LogP contribution in [0, 0.1) is 0 Å². The number of unbranched alkanes of at least 4 members (excludes halogenated alkanes) is 14. The molecule has 11 nitrogen and oxygen atoms in total. The van der Waals surface area contributed by atoms with Crippen LogP contribution in [-0.2, 0) is 37.5 Å². The molecule has 0 rings (SSSR count). The monoisotopic (exact) mass is 595 g/mol. The average Bonchev–Trinajstić information content (AvgIpc) is 2.91. The van der Waals surface area contributed by atoms with Crippen LogP contribution in [0.4, 0.5) is 0 Å². The maximum atomic E-state index is 12.3. The van der Waals surface area contributed by atoms with Crippen LogP contribution >= 0.6 is 7.82 Å². The fourth-order valence-corrected chi connectivity index (χ4v) is 4.70. The molecule has 0 heterocycles. The van der Waals surface area contributed by atoms with Gasteiger partial charge < -0.3 is 25.2 Å². The van der Waals surface area contributed by atoms with Crippen molar-refractivity contribution >= 4 is 25.7 Å². The van der Waals surface area contributed by atoms with Crippen molar-refractivity contribution in [2.75, 3.05) is 19.8 Å². The summed E-state index contributed by atoms with van der Waals surface area (Å²) in [4.78, 5) is 44.5. The minimum atomic E-state index is -4.67. The number of carboxylic acids is 1.